The molecule has 0 radical (unpaired) electrons. The average molecular weight is 931 g/mol. The molecule has 0 saturated heterocycles. The van der Waals surface area contributed by atoms with Gasteiger partial charge >= 0.3 is 35.8 Å². The number of hydrogen-bond donors (Lipinski definition) is 0. The zero-order valence-corrected chi connectivity index (χ0v) is 36.8. The van der Waals surface area contributed by atoms with Crippen molar-refractivity contribution in [3.8, 4) is 34.5 Å². The quantitative estimate of drug-likeness (QED) is 0.0792. The summed E-state index contributed by atoms with van der Waals surface area (Å²) in [6.07, 6.45) is -2.53. The molecule has 0 spiro atoms. The van der Waals surface area contributed by atoms with Crippen molar-refractivity contribution in [3.05, 3.63) is 251 Å². The fourth-order valence-corrected chi connectivity index (χ4v) is 7.37. The van der Waals surface area contributed by atoms with Gasteiger partial charge in [-0.05, 0) is 97.1 Å². The molecule has 13 nitrogen and oxygen atoms in total. The van der Waals surface area contributed by atoms with Gasteiger partial charge in [0.1, 0.15) is 29.1 Å². The van der Waals surface area contributed by atoms with Crippen LogP contribution in [-0.4, -0.2) is 41.9 Å². The lowest BCUT2D eigenvalue weighted by Crippen LogP contribution is -2.35. The van der Waals surface area contributed by atoms with Gasteiger partial charge in [0, 0.05) is 29.7 Å². The van der Waals surface area contributed by atoms with Crippen LogP contribution >= 0.6 is 0 Å². The van der Waals surface area contributed by atoms with Crippen LogP contribution in [0.5, 0.6) is 34.5 Å². The van der Waals surface area contributed by atoms with E-state index in [9.17, 15) is 28.8 Å². The zero-order chi connectivity index (χ0) is 48.4. The van der Waals surface area contributed by atoms with Gasteiger partial charge in [-0.2, -0.15) is 0 Å². The van der Waals surface area contributed by atoms with Crippen molar-refractivity contribution < 1.29 is 61.9 Å². The maximum absolute atomic E-state index is 14.1. The SMILES string of the molecule is O=C(Oc1ccc(C(=O)O[C@@H]2Cc3c(OC(=O)c4ccccc4)cc(OC(=O)c4ccccc4)cc3O[C@H]2c2ccc(OC(=O)c3ccccc3)c(OC(=O)c3ccccc3)c2)cc1)c1ccccc1. The first-order valence-corrected chi connectivity index (χ1v) is 21.8. The Labute approximate surface area is 400 Å². The summed E-state index contributed by atoms with van der Waals surface area (Å²) >= 11 is 0. The number of rotatable bonds is 13. The van der Waals surface area contributed by atoms with Gasteiger partial charge in [0.05, 0.1) is 33.4 Å². The summed E-state index contributed by atoms with van der Waals surface area (Å²) in [6, 6.07) is 54.3. The molecule has 0 aromatic heterocycles. The molecule has 1 aliphatic heterocycles. The van der Waals surface area contributed by atoms with E-state index in [0.717, 1.165) is 0 Å². The van der Waals surface area contributed by atoms with Crippen LogP contribution in [0.3, 0.4) is 0 Å². The molecule has 8 aromatic carbocycles. The van der Waals surface area contributed by atoms with Crippen LogP contribution in [0, 0.1) is 0 Å². The highest BCUT2D eigenvalue weighted by atomic mass is 16.6. The van der Waals surface area contributed by atoms with Crippen molar-refractivity contribution in [3.63, 3.8) is 0 Å². The molecule has 0 unspecified atom stereocenters. The van der Waals surface area contributed by atoms with Crippen molar-refractivity contribution in [1.29, 1.82) is 0 Å². The lowest BCUT2D eigenvalue weighted by Gasteiger charge is -2.34. The van der Waals surface area contributed by atoms with Gasteiger partial charge in [-0.1, -0.05) is 97.1 Å². The minimum absolute atomic E-state index is 0.0358. The summed E-state index contributed by atoms with van der Waals surface area (Å²) in [4.78, 5) is 80.8. The number of benzene rings is 8. The van der Waals surface area contributed by atoms with Crippen LogP contribution in [-0.2, 0) is 11.2 Å². The highest BCUT2D eigenvalue weighted by Crippen LogP contribution is 2.45. The van der Waals surface area contributed by atoms with E-state index in [4.69, 9.17) is 33.2 Å². The lowest BCUT2D eigenvalue weighted by atomic mass is 9.93. The van der Waals surface area contributed by atoms with Crippen molar-refractivity contribution >= 4 is 35.8 Å². The molecular formula is C57H38O13. The third-order valence-electron chi connectivity index (χ3n) is 10.9. The molecule has 0 aliphatic carbocycles. The molecule has 0 saturated carbocycles. The second-order valence-electron chi connectivity index (χ2n) is 15.6. The second-order valence-corrected chi connectivity index (χ2v) is 15.6. The molecule has 8 aromatic rings. The number of ether oxygens (including phenoxy) is 7. The maximum Gasteiger partial charge on any atom is 0.343 e. The fourth-order valence-electron chi connectivity index (χ4n) is 7.37. The Morgan fingerprint density at radius 2 is 0.757 bits per heavy atom. The van der Waals surface area contributed by atoms with E-state index in [2.05, 4.69) is 0 Å². The molecule has 13 heteroatoms. The second kappa shape index (κ2) is 20.9. The van der Waals surface area contributed by atoms with Crippen LogP contribution in [0.2, 0.25) is 0 Å². The van der Waals surface area contributed by atoms with Gasteiger partial charge in [0.2, 0.25) is 0 Å². The highest BCUT2D eigenvalue weighted by molar-refractivity contribution is 5.95. The lowest BCUT2D eigenvalue weighted by molar-refractivity contribution is -0.0189. The number of hydrogen-bond acceptors (Lipinski definition) is 13. The van der Waals surface area contributed by atoms with Gasteiger partial charge < -0.3 is 33.2 Å². The van der Waals surface area contributed by atoms with Gasteiger partial charge in [0.25, 0.3) is 0 Å². The maximum atomic E-state index is 14.1. The molecule has 0 fully saturated rings. The molecule has 9 rings (SSSR count). The van der Waals surface area contributed by atoms with E-state index in [1.165, 1.54) is 48.5 Å². The summed E-state index contributed by atoms with van der Waals surface area (Å²) < 4.78 is 41.9. The monoisotopic (exact) mass is 930 g/mol. The average Bonchev–Trinajstić information content (AvgIpc) is 3.40. The first-order chi connectivity index (χ1) is 34.1. The van der Waals surface area contributed by atoms with Gasteiger partial charge in [-0.15, -0.1) is 0 Å². The summed E-state index contributed by atoms with van der Waals surface area (Å²) in [5.41, 5.74) is 1.92. The minimum Gasteiger partial charge on any atom is -0.481 e. The van der Waals surface area contributed by atoms with Crippen molar-refractivity contribution in [2.75, 3.05) is 0 Å². The zero-order valence-electron chi connectivity index (χ0n) is 36.8. The third-order valence-corrected chi connectivity index (χ3v) is 10.9. The van der Waals surface area contributed by atoms with E-state index >= 15 is 0 Å². The van der Waals surface area contributed by atoms with Crippen LogP contribution < -0.4 is 28.4 Å². The van der Waals surface area contributed by atoms with Crippen LogP contribution in [0.25, 0.3) is 0 Å². The highest BCUT2D eigenvalue weighted by Gasteiger charge is 2.38. The molecule has 0 amide bonds. The van der Waals surface area contributed by atoms with Crippen molar-refractivity contribution in [2.45, 2.75) is 18.6 Å². The number of carbonyl (C=O) groups excluding carboxylic acids is 6. The van der Waals surface area contributed by atoms with Crippen LogP contribution in [0.15, 0.2) is 206 Å². The first kappa shape index (κ1) is 45.5. The van der Waals surface area contributed by atoms with E-state index in [0.29, 0.717) is 5.56 Å². The van der Waals surface area contributed by atoms with E-state index in [1.807, 2.05) is 0 Å². The number of esters is 6. The largest absolute Gasteiger partial charge is 0.481 e. The Morgan fingerprint density at radius 3 is 1.23 bits per heavy atom. The summed E-state index contributed by atoms with van der Waals surface area (Å²) in [5, 5.41) is 0. The fraction of sp³-hybridized carbons (Fsp3) is 0.0526. The Hall–Kier alpha value is -9.62. The third kappa shape index (κ3) is 10.8. The summed E-state index contributed by atoms with van der Waals surface area (Å²) in [5.74, 6) is -4.40. The Bertz CT molecular complexity index is 3200. The normalized spacial score (nSPS) is 13.5. The topological polar surface area (TPSA) is 167 Å². The Kier molecular flexibility index (Phi) is 13.6. The molecule has 1 aliphatic rings. The van der Waals surface area contributed by atoms with Gasteiger partial charge in [-0.25, -0.2) is 28.8 Å². The van der Waals surface area contributed by atoms with Crippen molar-refractivity contribution in [2.24, 2.45) is 0 Å². The molecular weight excluding hydrogens is 893 g/mol. The van der Waals surface area contributed by atoms with E-state index in [1.54, 1.807) is 158 Å². The van der Waals surface area contributed by atoms with Crippen LogP contribution in [0.4, 0.5) is 0 Å². The molecule has 70 heavy (non-hydrogen) atoms. The standard InChI is InChI=1S/C57H38O13/c58-52(36-16-6-1-7-17-36)64-43-29-26-41(27-30-43)57(63)70-50-35-45-47(33-44(65-53(59)37-18-8-2-9-19-37)34-48(45)68-55(61)39-22-12-4-13-23-39)66-51(50)42-28-31-46(67-54(60)38-20-10-3-11-21-38)49(32-42)69-56(62)40-24-14-5-15-25-40/h1-34,50-51H,35H2/t50-,51+/m1/s1. The smallest absolute Gasteiger partial charge is 0.343 e. The Balaban J connectivity index is 1.10. The van der Waals surface area contributed by atoms with Crippen LogP contribution in [0.1, 0.15) is 79.4 Å². The predicted molar refractivity (Wildman–Crippen MR) is 253 cm³/mol. The molecule has 0 bridgehead atoms. The van der Waals surface area contributed by atoms with Crippen molar-refractivity contribution in [1.82, 2.24) is 0 Å². The Morgan fingerprint density at radius 1 is 0.357 bits per heavy atom. The predicted octanol–water partition coefficient (Wildman–Crippen LogP) is 10.7. The molecule has 0 N–H and O–H groups in total. The van der Waals surface area contributed by atoms with E-state index < -0.39 is 48.0 Å². The summed E-state index contributed by atoms with van der Waals surface area (Å²) in [6.45, 7) is 0. The number of fused-ring (bicyclic) bond motifs is 1. The first-order valence-electron chi connectivity index (χ1n) is 21.8. The molecule has 344 valence electrons. The molecule has 1 heterocycles. The summed E-state index contributed by atoms with van der Waals surface area (Å²) in [7, 11) is 0. The minimum atomic E-state index is -1.20. The van der Waals surface area contributed by atoms with E-state index in [-0.39, 0.29) is 79.9 Å². The number of carbonyl (C=O) groups is 6. The van der Waals surface area contributed by atoms with Gasteiger partial charge in [0.15, 0.2) is 17.6 Å². The van der Waals surface area contributed by atoms with Gasteiger partial charge in [-0.3, -0.25) is 0 Å². The molecule has 2 atom stereocenters.